The number of quaternary nitrogens is 1. The number of hydrogen-bond acceptors (Lipinski definition) is 4. The van der Waals surface area contributed by atoms with Crippen molar-refractivity contribution in [3.8, 4) is 11.8 Å². The van der Waals surface area contributed by atoms with Crippen LogP contribution in [0, 0.1) is 11.3 Å². The summed E-state index contributed by atoms with van der Waals surface area (Å²) in [5.41, 5.74) is 1.81. The van der Waals surface area contributed by atoms with Gasteiger partial charge in [-0.05, 0) is 55.5 Å². The van der Waals surface area contributed by atoms with Gasteiger partial charge in [-0.2, -0.15) is 5.26 Å². The smallest absolute Gasteiger partial charge is 0.282 e. The molecule has 0 aliphatic carbocycles. The van der Waals surface area contributed by atoms with Crippen molar-refractivity contribution in [2.45, 2.75) is 13.0 Å². The lowest BCUT2D eigenvalue weighted by Gasteiger charge is -2.20. The fourth-order valence-corrected chi connectivity index (χ4v) is 2.39. The number of amides is 2. The summed E-state index contributed by atoms with van der Waals surface area (Å²) in [5, 5.41) is 14.4. The van der Waals surface area contributed by atoms with E-state index < -0.39 is 6.04 Å². The van der Waals surface area contributed by atoms with Crippen LogP contribution in [0.25, 0.3) is 0 Å². The van der Waals surface area contributed by atoms with Crippen molar-refractivity contribution in [1.29, 1.82) is 5.26 Å². The van der Waals surface area contributed by atoms with Crippen molar-refractivity contribution in [2.75, 3.05) is 31.3 Å². The minimum absolute atomic E-state index is 0.147. The number of likely N-dealkylation sites (N-methyl/N-ethyl adjacent to an activating group) is 1. The normalized spacial score (nSPS) is 12.4. The van der Waals surface area contributed by atoms with Gasteiger partial charge in [0.05, 0.1) is 25.8 Å². The molecule has 7 nitrogen and oxygen atoms in total. The lowest BCUT2D eigenvalue weighted by molar-refractivity contribution is -0.885. The van der Waals surface area contributed by atoms with Crippen molar-refractivity contribution in [3.05, 3.63) is 54.1 Å². The fourth-order valence-electron chi connectivity index (χ4n) is 2.39. The Bertz CT molecular complexity index is 826. The van der Waals surface area contributed by atoms with E-state index in [4.69, 9.17) is 10.00 Å². The third-order valence-electron chi connectivity index (χ3n) is 4.23. The summed E-state index contributed by atoms with van der Waals surface area (Å²) >= 11 is 0. The second-order valence-electron chi connectivity index (χ2n) is 6.20. The van der Waals surface area contributed by atoms with Crippen molar-refractivity contribution in [2.24, 2.45) is 0 Å². The molecule has 0 saturated heterocycles. The summed E-state index contributed by atoms with van der Waals surface area (Å²) in [6, 6.07) is 15.3. The molecular formula is C20H23N4O3+. The van der Waals surface area contributed by atoms with Crippen molar-refractivity contribution < 1.29 is 19.2 Å². The molecule has 0 spiro atoms. The number of nitrogens with zero attached hydrogens (tertiary/aromatic N) is 1. The van der Waals surface area contributed by atoms with Crippen LogP contribution in [0.15, 0.2) is 48.5 Å². The minimum atomic E-state index is -0.428. The van der Waals surface area contributed by atoms with E-state index >= 15 is 0 Å². The topological polar surface area (TPSA) is 95.7 Å². The predicted octanol–water partition coefficient (Wildman–Crippen LogP) is 1.05. The van der Waals surface area contributed by atoms with Crippen LogP contribution in [-0.4, -0.2) is 38.6 Å². The lowest BCUT2D eigenvalue weighted by Crippen LogP contribution is -3.14. The third-order valence-corrected chi connectivity index (χ3v) is 4.23. The average Bonchev–Trinajstić information content (AvgIpc) is 2.68. The monoisotopic (exact) mass is 367 g/mol. The van der Waals surface area contributed by atoms with E-state index in [9.17, 15) is 9.59 Å². The summed E-state index contributed by atoms with van der Waals surface area (Å²) in [4.78, 5) is 25.3. The van der Waals surface area contributed by atoms with Gasteiger partial charge in [0.2, 0.25) is 0 Å². The number of rotatable bonds is 7. The fraction of sp³-hybridized carbons (Fsp3) is 0.250. The van der Waals surface area contributed by atoms with Crippen molar-refractivity contribution in [3.63, 3.8) is 0 Å². The predicted molar refractivity (Wildman–Crippen MR) is 103 cm³/mol. The number of nitrogens with one attached hydrogen (secondary N) is 3. The maximum absolute atomic E-state index is 12.4. The molecule has 0 aliphatic rings. The molecule has 7 heteroatoms. The number of ether oxygens (including phenoxy) is 1. The highest BCUT2D eigenvalue weighted by atomic mass is 16.5. The Morgan fingerprint density at radius 3 is 2.19 bits per heavy atom. The molecule has 0 fully saturated rings. The number of benzene rings is 2. The van der Waals surface area contributed by atoms with Crippen LogP contribution >= 0.6 is 0 Å². The molecule has 27 heavy (non-hydrogen) atoms. The molecule has 140 valence electrons. The second kappa shape index (κ2) is 9.36. The van der Waals surface area contributed by atoms with Gasteiger partial charge >= 0.3 is 0 Å². The molecule has 0 aliphatic heterocycles. The Balaban J connectivity index is 1.87. The van der Waals surface area contributed by atoms with Gasteiger partial charge in [-0.1, -0.05) is 0 Å². The second-order valence-corrected chi connectivity index (χ2v) is 6.20. The van der Waals surface area contributed by atoms with Crippen molar-refractivity contribution in [1.82, 2.24) is 0 Å². The zero-order chi connectivity index (χ0) is 19.8. The van der Waals surface area contributed by atoms with Gasteiger partial charge in [0.25, 0.3) is 11.8 Å². The Labute approximate surface area is 158 Å². The van der Waals surface area contributed by atoms with Crippen LogP contribution in [0.1, 0.15) is 12.5 Å². The molecule has 1 unspecified atom stereocenters. The Morgan fingerprint density at radius 1 is 1.07 bits per heavy atom. The van der Waals surface area contributed by atoms with Crippen LogP contribution in [-0.2, 0) is 9.59 Å². The largest absolute Gasteiger partial charge is 0.497 e. The zero-order valence-electron chi connectivity index (χ0n) is 15.6. The van der Waals surface area contributed by atoms with E-state index in [1.54, 1.807) is 69.6 Å². The summed E-state index contributed by atoms with van der Waals surface area (Å²) in [7, 11) is 3.37. The molecule has 2 amide bonds. The van der Waals surface area contributed by atoms with Crippen LogP contribution in [0.4, 0.5) is 11.4 Å². The molecule has 2 aromatic carbocycles. The van der Waals surface area contributed by atoms with Gasteiger partial charge in [0.1, 0.15) is 5.75 Å². The first-order chi connectivity index (χ1) is 12.9. The Hall–Kier alpha value is -3.37. The van der Waals surface area contributed by atoms with Gasteiger partial charge in [-0.3, -0.25) is 9.59 Å². The first kappa shape index (κ1) is 19.9. The quantitative estimate of drug-likeness (QED) is 0.682. The van der Waals surface area contributed by atoms with Crippen LogP contribution < -0.4 is 20.3 Å². The summed E-state index contributed by atoms with van der Waals surface area (Å²) < 4.78 is 5.08. The van der Waals surface area contributed by atoms with Gasteiger partial charge in [0, 0.05) is 11.4 Å². The standard InChI is InChI=1S/C20H22N4O3/c1-14(20(26)23-17-6-4-15(12-21)5-7-17)24(2)13-19(25)22-16-8-10-18(27-3)11-9-16/h4-11,14H,13H2,1-3H3,(H,22,25)(H,23,26)/p+1/t14-/m1/s1. The van der Waals surface area contributed by atoms with E-state index in [1.807, 2.05) is 6.07 Å². The maximum Gasteiger partial charge on any atom is 0.282 e. The zero-order valence-corrected chi connectivity index (χ0v) is 15.6. The van der Waals surface area contributed by atoms with Crippen LogP contribution in [0.3, 0.4) is 0 Å². The minimum Gasteiger partial charge on any atom is -0.497 e. The SMILES string of the molecule is COc1ccc(NC(=O)C[NH+](C)[C@H](C)C(=O)Nc2ccc(C#N)cc2)cc1. The molecular weight excluding hydrogens is 344 g/mol. The van der Waals surface area contributed by atoms with E-state index in [2.05, 4.69) is 10.6 Å². The van der Waals surface area contributed by atoms with Gasteiger partial charge in [-0.25, -0.2) is 0 Å². The maximum atomic E-state index is 12.4. The van der Waals surface area contributed by atoms with Gasteiger partial charge in [0.15, 0.2) is 12.6 Å². The number of methoxy groups -OCH3 is 1. The molecule has 2 rings (SSSR count). The van der Waals surface area contributed by atoms with Gasteiger partial charge < -0.3 is 20.3 Å². The first-order valence-electron chi connectivity index (χ1n) is 8.50. The van der Waals surface area contributed by atoms with E-state index in [-0.39, 0.29) is 18.4 Å². The highest BCUT2D eigenvalue weighted by Gasteiger charge is 2.24. The molecule has 0 heterocycles. The van der Waals surface area contributed by atoms with Crippen molar-refractivity contribution >= 4 is 23.2 Å². The highest BCUT2D eigenvalue weighted by molar-refractivity contribution is 5.94. The number of nitriles is 1. The molecule has 2 aromatic rings. The van der Waals surface area contributed by atoms with Crippen LogP contribution in [0.5, 0.6) is 5.75 Å². The Kier molecular flexibility index (Phi) is 6.92. The molecule has 0 saturated carbocycles. The number of carbonyl (C=O) groups excluding carboxylic acids is 2. The summed E-state index contributed by atoms with van der Waals surface area (Å²) in [5.74, 6) is 0.328. The average molecular weight is 367 g/mol. The molecule has 0 radical (unpaired) electrons. The van der Waals surface area contributed by atoms with Gasteiger partial charge in [-0.15, -0.1) is 0 Å². The number of hydrogen-bond donors (Lipinski definition) is 3. The van der Waals surface area contributed by atoms with E-state index in [1.165, 1.54) is 0 Å². The van der Waals surface area contributed by atoms with E-state index in [0.29, 0.717) is 22.7 Å². The summed E-state index contributed by atoms with van der Waals surface area (Å²) in [6.07, 6.45) is 0. The molecule has 0 bridgehead atoms. The molecule has 0 aromatic heterocycles. The Morgan fingerprint density at radius 2 is 1.63 bits per heavy atom. The van der Waals surface area contributed by atoms with Crippen LogP contribution in [0.2, 0.25) is 0 Å². The number of carbonyl (C=O) groups is 2. The third kappa shape index (κ3) is 5.83. The van der Waals surface area contributed by atoms with E-state index in [0.717, 1.165) is 4.90 Å². The number of anilines is 2. The lowest BCUT2D eigenvalue weighted by atomic mass is 10.2. The highest BCUT2D eigenvalue weighted by Crippen LogP contribution is 2.14. The molecule has 3 N–H and O–H groups in total. The first-order valence-corrected chi connectivity index (χ1v) is 8.50. The summed E-state index contributed by atoms with van der Waals surface area (Å²) in [6.45, 7) is 1.91. The molecule has 2 atom stereocenters.